The van der Waals surface area contributed by atoms with Crippen molar-refractivity contribution in [2.75, 3.05) is 32.1 Å². The first-order valence-corrected chi connectivity index (χ1v) is 8.48. The molecular weight excluding hydrogens is 306 g/mol. The molecule has 2 saturated heterocycles. The summed E-state index contributed by atoms with van der Waals surface area (Å²) >= 11 is 0. The fourth-order valence-electron chi connectivity index (χ4n) is 3.45. The number of nitrogens with zero attached hydrogens (tertiary/aromatic N) is 2. The Kier molecular flexibility index (Phi) is 5.16. The van der Waals surface area contributed by atoms with E-state index >= 15 is 0 Å². The molecule has 2 fully saturated rings. The SMILES string of the molecule is CO[C@H]1C[C@@H](C(=O)NCc2ccc(N3CCCC3=O)cc2)N(C)C1. The van der Waals surface area contributed by atoms with Crippen LogP contribution in [0.4, 0.5) is 5.69 Å². The first kappa shape index (κ1) is 16.9. The number of benzene rings is 1. The van der Waals surface area contributed by atoms with Crippen molar-refractivity contribution < 1.29 is 14.3 Å². The number of hydrogen-bond acceptors (Lipinski definition) is 4. The Morgan fingerprint density at radius 2 is 2.08 bits per heavy atom. The summed E-state index contributed by atoms with van der Waals surface area (Å²) in [5, 5.41) is 3.00. The van der Waals surface area contributed by atoms with E-state index in [0.717, 1.165) is 37.2 Å². The largest absolute Gasteiger partial charge is 0.380 e. The van der Waals surface area contributed by atoms with Crippen LogP contribution < -0.4 is 10.2 Å². The third-order valence-electron chi connectivity index (χ3n) is 4.93. The van der Waals surface area contributed by atoms with Gasteiger partial charge in [-0.3, -0.25) is 14.5 Å². The highest BCUT2D eigenvalue weighted by Gasteiger charge is 2.34. The maximum absolute atomic E-state index is 12.3. The minimum absolute atomic E-state index is 0.0378. The molecule has 2 aliphatic heterocycles. The highest BCUT2D eigenvalue weighted by molar-refractivity contribution is 5.95. The van der Waals surface area contributed by atoms with E-state index in [2.05, 4.69) is 5.32 Å². The molecule has 0 bridgehead atoms. The Bertz CT molecular complexity index is 602. The molecule has 3 rings (SSSR count). The summed E-state index contributed by atoms with van der Waals surface area (Å²) < 4.78 is 5.34. The highest BCUT2D eigenvalue weighted by Crippen LogP contribution is 2.22. The number of carbonyl (C=O) groups excluding carboxylic acids is 2. The predicted octanol–water partition coefficient (Wildman–Crippen LogP) is 1.15. The first-order valence-electron chi connectivity index (χ1n) is 8.48. The third kappa shape index (κ3) is 3.60. The molecule has 1 aromatic carbocycles. The molecule has 0 unspecified atom stereocenters. The second-order valence-corrected chi connectivity index (χ2v) is 6.58. The van der Waals surface area contributed by atoms with Crippen LogP contribution in [-0.2, 0) is 20.9 Å². The second kappa shape index (κ2) is 7.32. The minimum atomic E-state index is -0.128. The van der Waals surface area contributed by atoms with Gasteiger partial charge in [-0.1, -0.05) is 12.1 Å². The van der Waals surface area contributed by atoms with E-state index in [4.69, 9.17) is 4.74 Å². The number of nitrogens with one attached hydrogen (secondary N) is 1. The Labute approximate surface area is 142 Å². The van der Waals surface area contributed by atoms with Gasteiger partial charge in [0.15, 0.2) is 0 Å². The Balaban J connectivity index is 1.53. The minimum Gasteiger partial charge on any atom is -0.380 e. The molecule has 0 aromatic heterocycles. The molecule has 0 aliphatic carbocycles. The standard InChI is InChI=1S/C18H25N3O3/c1-20-12-15(24-2)10-16(20)18(23)19-11-13-5-7-14(8-6-13)21-9-3-4-17(21)22/h5-8,15-16H,3-4,9-12H2,1-2H3,(H,19,23)/t15-,16-/m0/s1. The molecule has 2 atom stereocenters. The molecule has 0 spiro atoms. The number of amides is 2. The summed E-state index contributed by atoms with van der Waals surface area (Å²) in [5.41, 5.74) is 1.97. The van der Waals surface area contributed by atoms with Crippen LogP contribution in [0.1, 0.15) is 24.8 Å². The normalized spacial score (nSPS) is 24.6. The van der Waals surface area contributed by atoms with E-state index in [9.17, 15) is 9.59 Å². The van der Waals surface area contributed by atoms with Gasteiger partial charge in [-0.25, -0.2) is 0 Å². The van der Waals surface area contributed by atoms with Gasteiger partial charge in [-0.2, -0.15) is 0 Å². The van der Waals surface area contributed by atoms with Crippen molar-refractivity contribution in [2.45, 2.75) is 38.0 Å². The van der Waals surface area contributed by atoms with Gasteiger partial charge in [0.2, 0.25) is 11.8 Å². The van der Waals surface area contributed by atoms with Gasteiger partial charge in [-0.05, 0) is 37.6 Å². The van der Waals surface area contributed by atoms with Gasteiger partial charge < -0.3 is 15.0 Å². The number of rotatable bonds is 5. The number of hydrogen-bond donors (Lipinski definition) is 1. The zero-order chi connectivity index (χ0) is 17.1. The van der Waals surface area contributed by atoms with Crippen molar-refractivity contribution in [1.29, 1.82) is 0 Å². The van der Waals surface area contributed by atoms with E-state index in [1.54, 1.807) is 7.11 Å². The Hall–Kier alpha value is -1.92. The lowest BCUT2D eigenvalue weighted by Crippen LogP contribution is -2.41. The van der Waals surface area contributed by atoms with Crippen LogP contribution in [0.15, 0.2) is 24.3 Å². The second-order valence-electron chi connectivity index (χ2n) is 6.58. The fraction of sp³-hybridized carbons (Fsp3) is 0.556. The molecule has 2 amide bonds. The summed E-state index contributed by atoms with van der Waals surface area (Å²) in [6.07, 6.45) is 2.42. The molecule has 130 valence electrons. The molecule has 24 heavy (non-hydrogen) atoms. The zero-order valence-electron chi connectivity index (χ0n) is 14.3. The van der Waals surface area contributed by atoms with Crippen molar-refractivity contribution in [3.63, 3.8) is 0 Å². The van der Waals surface area contributed by atoms with E-state index in [1.807, 2.05) is 41.1 Å². The van der Waals surface area contributed by atoms with Crippen LogP contribution in [0, 0.1) is 0 Å². The van der Waals surface area contributed by atoms with Crippen LogP contribution in [0.3, 0.4) is 0 Å². The van der Waals surface area contributed by atoms with E-state index in [-0.39, 0.29) is 24.0 Å². The molecule has 6 heteroatoms. The van der Waals surface area contributed by atoms with E-state index in [1.165, 1.54) is 0 Å². The van der Waals surface area contributed by atoms with Crippen molar-refractivity contribution in [3.8, 4) is 0 Å². The first-order chi connectivity index (χ1) is 11.6. The smallest absolute Gasteiger partial charge is 0.237 e. The average molecular weight is 331 g/mol. The molecule has 2 aliphatic rings. The fourth-order valence-corrected chi connectivity index (χ4v) is 3.45. The number of likely N-dealkylation sites (tertiary alicyclic amines) is 1. The van der Waals surface area contributed by atoms with E-state index < -0.39 is 0 Å². The maximum Gasteiger partial charge on any atom is 0.237 e. The number of anilines is 1. The molecule has 1 N–H and O–H groups in total. The summed E-state index contributed by atoms with van der Waals surface area (Å²) in [7, 11) is 3.64. The Morgan fingerprint density at radius 3 is 2.67 bits per heavy atom. The van der Waals surface area contributed by atoms with Crippen LogP contribution in [0.25, 0.3) is 0 Å². The lowest BCUT2D eigenvalue weighted by Gasteiger charge is -2.19. The lowest BCUT2D eigenvalue weighted by atomic mass is 10.1. The zero-order valence-corrected chi connectivity index (χ0v) is 14.3. The molecule has 0 saturated carbocycles. The van der Waals surface area contributed by atoms with Gasteiger partial charge in [-0.15, -0.1) is 0 Å². The van der Waals surface area contributed by atoms with Crippen molar-refractivity contribution >= 4 is 17.5 Å². The quantitative estimate of drug-likeness (QED) is 0.879. The number of methoxy groups -OCH3 is 1. The van der Waals surface area contributed by atoms with Crippen molar-refractivity contribution in [2.24, 2.45) is 0 Å². The molecule has 2 heterocycles. The van der Waals surface area contributed by atoms with Gasteiger partial charge in [0.05, 0.1) is 12.1 Å². The predicted molar refractivity (Wildman–Crippen MR) is 91.7 cm³/mol. The summed E-state index contributed by atoms with van der Waals surface area (Å²) in [6, 6.07) is 7.71. The van der Waals surface area contributed by atoms with Crippen molar-refractivity contribution in [1.82, 2.24) is 10.2 Å². The molecule has 6 nitrogen and oxygen atoms in total. The third-order valence-corrected chi connectivity index (χ3v) is 4.93. The topological polar surface area (TPSA) is 61.9 Å². The average Bonchev–Trinajstić information content (AvgIpc) is 3.18. The summed E-state index contributed by atoms with van der Waals surface area (Å²) in [5.74, 6) is 0.226. The maximum atomic E-state index is 12.3. The monoisotopic (exact) mass is 331 g/mol. The van der Waals surface area contributed by atoms with Gasteiger partial charge in [0.1, 0.15) is 0 Å². The highest BCUT2D eigenvalue weighted by atomic mass is 16.5. The van der Waals surface area contributed by atoms with Crippen molar-refractivity contribution in [3.05, 3.63) is 29.8 Å². The molecule has 0 radical (unpaired) electrons. The lowest BCUT2D eigenvalue weighted by molar-refractivity contribution is -0.125. The van der Waals surface area contributed by atoms with E-state index in [0.29, 0.717) is 13.0 Å². The van der Waals surface area contributed by atoms with Gasteiger partial charge in [0.25, 0.3) is 0 Å². The summed E-state index contributed by atoms with van der Waals surface area (Å²) in [4.78, 5) is 28.0. The number of carbonyl (C=O) groups is 2. The van der Waals surface area contributed by atoms with Crippen LogP contribution in [-0.4, -0.2) is 56.1 Å². The van der Waals surface area contributed by atoms with Crippen LogP contribution in [0.5, 0.6) is 0 Å². The molecular formula is C18H25N3O3. The van der Waals surface area contributed by atoms with Gasteiger partial charge in [0, 0.05) is 38.9 Å². The summed E-state index contributed by atoms with van der Waals surface area (Å²) in [6.45, 7) is 2.08. The van der Waals surface area contributed by atoms with Gasteiger partial charge >= 0.3 is 0 Å². The number of ether oxygens (including phenoxy) is 1. The molecule has 1 aromatic rings. The van der Waals surface area contributed by atoms with Crippen LogP contribution in [0.2, 0.25) is 0 Å². The Morgan fingerprint density at radius 1 is 1.33 bits per heavy atom. The van der Waals surface area contributed by atoms with Crippen LogP contribution >= 0.6 is 0 Å². The number of likely N-dealkylation sites (N-methyl/N-ethyl adjacent to an activating group) is 1.